The Kier molecular flexibility index (Phi) is 5.67. The number of para-hydroxylation sites is 1. The molecule has 0 bridgehead atoms. The van der Waals surface area contributed by atoms with E-state index in [0.29, 0.717) is 24.4 Å². The molecule has 144 valence electrons. The van der Waals surface area contributed by atoms with Gasteiger partial charge in [0.25, 0.3) is 5.91 Å². The Balaban J connectivity index is 1.51. The van der Waals surface area contributed by atoms with Crippen LogP contribution in [0.1, 0.15) is 21.8 Å². The van der Waals surface area contributed by atoms with Crippen molar-refractivity contribution in [1.82, 2.24) is 9.88 Å². The number of nitrogens with zero attached hydrogens (tertiary/aromatic N) is 2. The van der Waals surface area contributed by atoms with Crippen molar-refractivity contribution in [2.75, 3.05) is 0 Å². The molecule has 4 aromatic rings. The number of hydrogen-bond acceptors (Lipinski definition) is 4. The maximum Gasteiger partial charge on any atom is 0.254 e. The molecule has 2 aromatic heterocycles. The first-order valence-electron chi connectivity index (χ1n) is 9.32. The molecule has 0 aliphatic heterocycles. The summed E-state index contributed by atoms with van der Waals surface area (Å²) in [6.07, 6.45) is 3.33. The van der Waals surface area contributed by atoms with Crippen molar-refractivity contribution in [3.8, 4) is 11.5 Å². The van der Waals surface area contributed by atoms with Crippen molar-refractivity contribution in [3.05, 3.63) is 114 Å². The Bertz CT molecular complexity index is 1030. The van der Waals surface area contributed by atoms with Crippen LogP contribution in [0.3, 0.4) is 0 Å². The third kappa shape index (κ3) is 4.90. The van der Waals surface area contributed by atoms with Gasteiger partial charge in [0.05, 0.1) is 25.0 Å². The Hall–Kier alpha value is -3.86. The third-order valence-electron chi connectivity index (χ3n) is 4.37. The summed E-state index contributed by atoms with van der Waals surface area (Å²) in [6.45, 7) is 0.757. The lowest BCUT2D eigenvalue weighted by Crippen LogP contribution is -2.30. The van der Waals surface area contributed by atoms with E-state index in [9.17, 15) is 4.79 Å². The van der Waals surface area contributed by atoms with Crippen molar-refractivity contribution >= 4 is 5.91 Å². The number of benzene rings is 2. The SMILES string of the molecule is O=C(c1ccc(Oc2ccccc2)cc1)N(Cc1ccccn1)Cc1ccco1. The lowest BCUT2D eigenvalue weighted by atomic mass is 10.1. The summed E-state index contributed by atoms with van der Waals surface area (Å²) in [7, 11) is 0. The van der Waals surface area contributed by atoms with Gasteiger partial charge in [-0.2, -0.15) is 0 Å². The molecule has 5 nitrogen and oxygen atoms in total. The molecule has 0 unspecified atom stereocenters. The Labute approximate surface area is 169 Å². The van der Waals surface area contributed by atoms with Gasteiger partial charge in [-0.1, -0.05) is 24.3 Å². The van der Waals surface area contributed by atoms with Crippen molar-refractivity contribution < 1.29 is 13.9 Å². The maximum atomic E-state index is 13.2. The average Bonchev–Trinajstić information content (AvgIpc) is 3.28. The van der Waals surface area contributed by atoms with Gasteiger partial charge in [0.2, 0.25) is 0 Å². The summed E-state index contributed by atoms with van der Waals surface area (Å²) in [5.41, 5.74) is 1.39. The number of aromatic nitrogens is 1. The number of carbonyl (C=O) groups is 1. The summed E-state index contributed by atoms with van der Waals surface area (Å²) in [5, 5.41) is 0. The predicted molar refractivity (Wildman–Crippen MR) is 109 cm³/mol. The molecule has 0 aliphatic rings. The van der Waals surface area contributed by atoms with E-state index in [-0.39, 0.29) is 5.91 Å². The Morgan fingerprint density at radius 2 is 1.59 bits per heavy atom. The van der Waals surface area contributed by atoms with E-state index in [1.165, 1.54) is 0 Å². The van der Waals surface area contributed by atoms with E-state index < -0.39 is 0 Å². The van der Waals surface area contributed by atoms with Gasteiger partial charge >= 0.3 is 0 Å². The summed E-state index contributed by atoms with van der Waals surface area (Å²) < 4.78 is 11.2. The van der Waals surface area contributed by atoms with Gasteiger partial charge in [-0.25, -0.2) is 0 Å². The molecule has 0 aliphatic carbocycles. The number of hydrogen-bond donors (Lipinski definition) is 0. The van der Waals surface area contributed by atoms with Crippen LogP contribution in [-0.4, -0.2) is 15.8 Å². The zero-order chi connectivity index (χ0) is 19.9. The number of amides is 1. The highest BCUT2D eigenvalue weighted by atomic mass is 16.5. The highest BCUT2D eigenvalue weighted by molar-refractivity contribution is 5.94. The molecule has 2 aromatic carbocycles. The molecule has 0 radical (unpaired) electrons. The highest BCUT2D eigenvalue weighted by Gasteiger charge is 2.18. The van der Waals surface area contributed by atoms with Crippen LogP contribution in [0.5, 0.6) is 11.5 Å². The van der Waals surface area contributed by atoms with E-state index in [1.807, 2.05) is 60.7 Å². The van der Waals surface area contributed by atoms with Gasteiger partial charge < -0.3 is 14.1 Å². The fourth-order valence-electron chi connectivity index (χ4n) is 2.95. The van der Waals surface area contributed by atoms with Gasteiger partial charge in [-0.15, -0.1) is 0 Å². The van der Waals surface area contributed by atoms with E-state index in [0.717, 1.165) is 17.2 Å². The normalized spacial score (nSPS) is 10.5. The zero-order valence-electron chi connectivity index (χ0n) is 15.8. The Morgan fingerprint density at radius 1 is 0.828 bits per heavy atom. The van der Waals surface area contributed by atoms with Crippen LogP contribution in [0.15, 0.2) is 102 Å². The summed E-state index contributed by atoms with van der Waals surface area (Å²) in [6, 6.07) is 26.0. The van der Waals surface area contributed by atoms with E-state index in [4.69, 9.17) is 9.15 Å². The monoisotopic (exact) mass is 384 g/mol. The van der Waals surface area contributed by atoms with Gasteiger partial charge in [-0.3, -0.25) is 9.78 Å². The Morgan fingerprint density at radius 3 is 2.28 bits per heavy atom. The van der Waals surface area contributed by atoms with E-state index in [2.05, 4.69) is 4.98 Å². The molecule has 0 fully saturated rings. The minimum Gasteiger partial charge on any atom is -0.467 e. The maximum absolute atomic E-state index is 13.2. The second kappa shape index (κ2) is 8.89. The second-order valence-electron chi connectivity index (χ2n) is 6.50. The highest BCUT2D eigenvalue weighted by Crippen LogP contribution is 2.22. The first kappa shape index (κ1) is 18.5. The van der Waals surface area contributed by atoms with Gasteiger partial charge in [-0.05, 0) is 60.7 Å². The van der Waals surface area contributed by atoms with Crippen LogP contribution in [0.4, 0.5) is 0 Å². The van der Waals surface area contributed by atoms with Crippen molar-refractivity contribution in [1.29, 1.82) is 0 Å². The standard InChI is InChI=1S/C24H20N2O3/c27-24(19-11-13-22(14-12-19)29-21-8-2-1-3-9-21)26(18-23-10-6-16-28-23)17-20-7-4-5-15-25-20/h1-16H,17-18H2. The van der Waals surface area contributed by atoms with Crippen molar-refractivity contribution in [2.24, 2.45) is 0 Å². The molecular formula is C24H20N2O3. The van der Waals surface area contributed by atoms with Gasteiger partial charge in [0.1, 0.15) is 17.3 Å². The molecular weight excluding hydrogens is 364 g/mol. The van der Waals surface area contributed by atoms with Crippen LogP contribution < -0.4 is 4.74 Å². The summed E-state index contributed by atoms with van der Waals surface area (Å²) in [4.78, 5) is 19.2. The zero-order valence-corrected chi connectivity index (χ0v) is 15.8. The first-order valence-corrected chi connectivity index (χ1v) is 9.32. The van der Waals surface area contributed by atoms with Crippen molar-refractivity contribution in [2.45, 2.75) is 13.1 Å². The van der Waals surface area contributed by atoms with Crippen LogP contribution >= 0.6 is 0 Å². The van der Waals surface area contributed by atoms with Gasteiger partial charge in [0, 0.05) is 11.8 Å². The predicted octanol–water partition coefficient (Wildman–Crippen LogP) is 5.31. The molecule has 29 heavy (non-hydrogen) atoms. The number of pyridine rings is 1. The largest absolute Gasteiger partial charge is 0.467 e. The average molecular weight is 384 g/mol. The van der Waals surface area contributed by atoms with Gasteiger partial charge in [0.15, 0.2) is 0 Å². The van der Waals surface area contributed by atoms with Crippen molar-refractivity contribution in [3.63, 3.8) is 0 Å². The first-order chi connectivity index (χ1) is 14.3. The molecule has 5 heteroatoms. The topological polar surface area (TPSA) is 55.6 Å². The molecule has 1 amide bonds. The van der Waals surface area contributed by atoms with Crippen LogP contribution in [-0.2, 0) is 13.1 Å². The van der Waals surface area contributed by atoms with Crippen LogP contribution in [0, 0.1) is 0 Å². The lowest BCUT2D eigenvalue weighted by Gasteiger charge is -2.21. The summed E-state index contributed by atoms with van der Waals surface area (Å²) >= 11 is 0. The molecule has 0 saturated carbocycles. The molecule has 0 spiro atoms. The minimum absolute atomic E-state index is 0.0988. The second-order valence-corrected chi connectivity index (χ2v) is 6.50. The smallest absolute Gasteiger partial charge is 0.254 e. The minimum atomic E-state index is -0.0988. The number of rotatable bonds is 7. The number of carbonyl (C=O) groups excluding carboxylic acids is 1. The molecule has 0 N–H and O–H groups in total. The quantitative estimate of drug-likeness (QED) is 0.433. The van der Waals surface area contributed by atoms with Crippen LogP contribution in [0.25, 0.3) is 0 Å². The number of ether oxygens (including phenoxy) is 1. The van der Waals surface area contributed by atoms with Crippen LogP contribution in [0.2, 0.25) is 0 Å². The van der Waals surface area contributed by atoms with E-state index in [1.54, 1.807) is 41.6 Å². The van der Waals surface area contributed by atoms with E-state index >= 15 is 0 Å². The fourth-order valence-corrected chi connectivity index (χ4v) is 2.95. The molecule has 0 saturated heterocycles. The molecule has 2 heterocycles. The fraction of sp³-hybridized carbons (Fsp3) is 0.0833. The summed E-state index contributed by atoms with van der Waals surface area (Å²) in [5.74, 6) is 2.05. The molecule has 0 atom stereocenters. The lowest BCUT2D eigenvalue weighted by molar-refractivity contribution is 0.0715. The number of furan rings is 1. The molecule has 4 rings (SSSR count). The third-order valence-corrected chi connectivity index (χ3v) is 4.37.